The first-order chi connectivity index (χ1) is 13.6. The Morgan fingerprint density at radius 1 is 1.11 bits per heavy atom. The molecule has 2 aromatic carbocycles. The molecule has 4 aromatic rings. The van der Waals surface area contributed by atoms with Crippen molar-refractivity contribution in [1.82, 2.24) is 15.0 Å². The standard InChI is InChI=1S/C20H16N4O2S2/c1-12(18(26)24-20-21-14-9-5-6-10-16(14)28-20)27-19-22-15(11-17(25)23-19)13-7-3-2-4-8-13/h2-12H,1H3,(H,21,24,26)(H,22,23,25)/t12-/m1/s1. The van der Waals surface area contributed by atoms with E-state index in [1.807, 2.05) is 54.6 Å². The van der Waals surface area contributed by atoms with Crippen molar-refractivity contribution in [2.45, 2.75) is 17.3 Å². The summed E-state index contributed by atoms with van der Waals surface area (Å²) in [5.41, 5.74) is 2.02. The maximum atomic E-state index is 12.5. The van der Waals surface area contributed by atoms with Crippen LogP contribution in [0.4, 0.5) is 5.13 Å². The summed E-state index contributed by atoms with van der Waals surface area (Å²) >= 11 is 2.62. The van der Waals surface area contributed by atoms with E-state index in [0.29, 0.717) is 16.0 Å². The third kappa shape index (κ3) is 4.13. The summed E-state index contributed by atoms with van der Waals surface area (Å²) < 4.78 is 1.01. The molecule has 140 valence electrons. The van der Waals surface area contributed by atoms with Crippen molar-refractivity contribution in [3.63, 3.8) is 0 Å². The summed E-state index contributed by atoms with van der Waals surface area (Å²) in [5, 5.41) is 3.34. The molecule has 0 unspecified atom stereocenters. The van der Waals surface area contributed by atoms with Crippen LogP contribution in [0, 0.1) is 0 Å². The number of hydrogen-bond donors (Lipinski definition) is 2. The number of aromatic nitrogens is 3. The predicted molar refractivity (Wildman–Crippen MR) is 114 cm³/mol. The van der Waals surface area contributed by atoms with Crippen LogP contribution in [0.1, 0.15) is 6.92 Å². The highest BCUT2D eigenvalue weighted by Gasteiger charge is 2.18. The van der Waals surface area contributed by atoms with Gasteiger partial charge in [0.2, 0.25) is 5.91 Å². The summed E-state index contributed by atoms with van der Waals surface area (Å²) in [5.74, 6) is -0.197. The zero-order valence-corrected chi connectivity index (χ0v) is 16.5. The molecule has 8 heteroatoms. The summed E-state index contributed by atoms with van der Waals surface area (Å²) in [6, 6.07) is 18.6. The molecule has 2 N–H and O–H groups in total. The largest absolute Gasteiger partial charge is 0.301 e. The van der Waals surface area contributed by atoms with Crippen molar-refractivity contribution in [2.24, 2.45) is 0 Å². The summed E-state index contributed by atoms with van der Waals surface area (Å²) in [6.45, 7) is 1.77. The molecule has 0 fully saturated rings. The Morgan fingerprint density at radius 3 is 2.64 bits per heavy atom. The highest BCUT2D eigenvalue weighted by Crippen LogP contribution is 2.27. The molecule has 4 rings (SSSR count). The number of para-hydroxylation sites is 1. The smallest absolute Gasteiger partial charge is 0.252 e. The van der Waals surface area contributed by atoms with Gasteiger partial charge >= 0.3 is 0 Å². The van der Waals surface area contributed by atoms with Crippen LogP contribution < -0.4 is 10.9 Å². The minimum atomic E-state index is -0.457. The molecular weight excluding hydrogens is 392 g/mol. The maximum absolute atomic E-state index is 12.5. The van der Waals surface area contributed by atoms with Gasteiger partial charge in [-0.25, -0.2) is 9.97 Å². The zero-order chi connectivity index (χ0) is 19.5. The molecule has 28 heavy (non-hydrogen) atoms. The number of carbonyl (C=O) groups is 1. The molecular formula is C20H16N4O2S2. The fourth-order valence-electron chi connectivity index (χ4n) is 2.60. The Hall–Kier alpha value is -2.97. The van der Waals surface area contributed by atoms with Crippen LogP contribution in [-0.2, 0) is 4.79 Å². The zero-order valence-electron chi connectivity index (χ0n) is 14.9. The van der Waals surface area contributed by atoms with Gasteiger partial charge in [-0.3, -0.25) is 9.59 Å². The van der Waals surface area contributed by atoms with Crippen LogP contribution in [0.25, 0.3) is 21.5 Å². The molecule has 0 radical (unpaired) electrons. The van der Waals surface area contributed by atoms with Gasteiger partial charge in [0.1, 0.15) is 0 Å². The number of thioether (sulfide) groups is 1. The van der Waals surface area contributed by atoms with Gasteiger partial charge in [0.15, 0.2) is 10.3 Å². The molecule has 0 spiro atoms. The number of rotatable bonds is 5. The lowest BCUT2D eigenvalue weighted by molar-refractivity contribution is -0.115. The normalized spacial score (nSPS) is 12.0. The van der Waals surface area contributed by atoms with E-state index in [9.17, 15) is 9.59 Å². The minimum absolute atomic E-state index is 0.197. The monoisotopic (exact) mass is 408 g/mol. The highest BCUT2D eigenvalue weighted by atomic mass is 32.2. The third-order valence-corrected chi connectivity index (χ3v) is 5.91. The third-order valence-electron chi connectivity index (χ3n) is 3.97. The average molecular weight is 409 g/mol. The first kappa shape index (κ1) is 18.4. The number of hydrogen-bond acceptors (Lipinski definition) is 6. The van der Waals surface area contributed by atoms with Gasteiger partial charge in [-0.05, 0) is 19.1 Å². The summed E-state index contributed by atoms with van der Waals surface area (Å²) in [6.07, 6.45) is 0. The van der Waals surface area contributed by atoms with Crippen molar-refractivity contribution >= 4 is 44.4 Å². The molecule has 2 aromatic heterocycles. The Balaban J connectivity index is 1.49. The second kappa shape index (κ2) is 7.95. The van der Waals surface area contributed by atoms with Crippen molar-refractivity contribution in [3.8, 4) is 11.3 Å². The van der Waals surface area contributed by atoms with Gasteiger partial charge in [0.05, 0.1) is 21.2 Å². The van der Waals surface area contributed by atoms with Crippen LogP contribution in [0.5, 0.6) is 0 Å². The number of nitrogens with one attached hydrogen (secondary N) is 2. The number of amides is 1. The number of carbonyl (C=O) groups excluding carboxylic acids is 1. The van der Waals surface area contributed by atoms with Gasteiger partial charge in [-0.1, -0.05) is 65.6 Å². The van der Waals surface area contributed by atoms with Gasteiger partial charge < -0.3 is 10.3 Å². The second-order valence-corrected chi connectivity index (χ2v) is 8.40. The van der Waals surface area contributed by atoms with Gasteiger partial charge in [0.25, 0.3) is 5.56 Å². The van der Waals surface area contributed by atoms with Crippen LogP contribution in [0.2, 0.25) is 0 Å². The number of benzene rings is 2. The lowest BCUT2D eigenvalue weighted by Gasteiger charge is -2.10. The van der Waals surface area contributed by atoms with Crippen LogP contribution in [-0.4, -0.2) is 26.1 Å². The van der Waals surface area contributed by atoms with E-state index in [-0.39, 0.29) is 11.5 Å². The maximum Gasteiger partial charge on any atom is 0.252 e. The van der Waals surface area contributed by atoms with Gasteiger partial charge in [-0.2, -0.15) is 0 Å². The van der Waals surface area contributed by atoms with Gasteiger partial charge in [-0.15, -0.1) is 0 Å². The van der Waals surface area contributed by atoms with E-state index in [4.69, 9.17) is 0 Å². The number of anilines is 1. The molecule has 6 nitrogen and oxygen atoms in total. The first-order valence-electron chi connectivity index (χ1n) is 8.58. The first-order valence-corrected chi connectivity index (χ1v) is 10.3. The van der Waals surface area contributed by atoms with Crippen molar-refractivity contribution in [3.05, 3.63) is 71.0 Å². The molecule has 0 saturated heterocycles. The highest BCUT2D eigenvalue weighted by molar-refractivity contribution is 8.00. The molecule has 0 aliphatic carbocycles. The van der Waals surface area contributed by atoms with E-state index in [1.165, 1.54) is 29.2 Å². The lowest BCUT2D eigenvalue weighted by Crippen LogP contribution is -2.23. The van der Waals surface area contributed by atoms with Crippen molar-refractivity contribution in [1.29, 1.82) is 0 Å². The van der Waals surface area contributed by atoms with Crippen molar-refractivity contribution < 1.29 is 4.79 Å². The van der Waals surface area contributed by atoms with Crippen LogP contribution in [0.15, 0.2) is 70.6 Å². The predicted octanol–water partition coefficient (Wildman–Crippen LogP) is 4.17. The summed E-state index contributed by atoms with van der Waals surface area (Å²) in [7, 11) is 0. The molecule has 0 bridgehead atoms. The fourth-order valence-corrected chi connectivity index (χ4v) is 4.28. The molecule has 0 aliphatic rings. The molecule has 1 atom stereocenters. The number of nitrogens with zero attached hydrogens (tertiary/aromatic N) is 2. The summed E-state index contributed by atoms with van der Waals surface area (Å²) in [4.78, 5) is 36.1. The fraction of sp³-hybridized carbons (Fsp3) is 0.100. The molecule has 0 aliphatic heterocycles. The van der Waals surface area contributed by atoms with E-state index in [2.05, 4.69) is 20.3 Å². The SMILES string of the molecule is C[C@@H](Sc1nc(-c2ccccc2)cc(=O)[nH]1)C(=O)Nc1nc2ccccc2s1. The Morgan fingerprint density at radius 2 is 1.86 bits per heavy atom. The average Bonchev–Trinajstić information content (AvgIpc) is 3.10. The van der Waals surface area contributed by atoms with Crippen LogP contribution in [0.3, 0.4) is 0 Å². The quantitative estimate of drug-likeness (QED) is 0.382. The number of aromatic amines is 1. The molecule has 2 heterocycles. The topological polar surface area (TPSA) is 87.7 Å². The minimum Gasteiger partial charge on any atom is -0.301 e. The number of thiazole rings is 1. The second-order valence-electron chi connectivity index (χ2n) is 6.04. The van der Waals surface area contributed by atoms with Crippen molar-refractivity contribution in [2.75, 3.05) is 5.32 Å². The van der Waals surface area contributed by atoms with Gasteiger partial charge in [0, 0.05) is 11.6 Å². The van der Waals surface area contributed by atoms with E-state index in [0.717, 1.165) is 15.8 Å². The van der Waals surface area contributed by atoms with Crippen LogP contribution >= 0.6 is 23.1 Å². The number of fused-ring (bicyclic) bond motifs is 1. The molecule has 1 amide bonds. The lowest BCUT2D eigenvalue weighted by atomic mass is 10.1. The van der Waals surface area contributed by atoms with E-state index in [1.54, 1.807) is 6.92 Å². The Labute approximate surface area is 169 Å². The Kier molecular flexibility index (Phi) is 5.23. The van der Waals surface area contributed by atoms with E-state index < -0.39 is 5.25 Å². The number of H-pyrrole nitrogens is 1. The Bertz CT molecular complexity index is 1150. The molecule has 0 saturated carbocycles. The van der Waals surface area contributed by atoms with E-state index >= 15 is 0 Å².